The Morgan fingerprint density at radius 2 is 2.02 bits per heavy atom. The van der Waals surface area contributed by atoms with E-state index in [9.17, 15) is 4.79 Å². The number of fused-ring (bicyclic) bond motifs is 2. The number of methoxy groups -OCH3 is 1. The molecule has 0 spiro atoms. The number of piperazine rings is 1. The number of carbonyl (C=O) groups excluding carboxylic acids is 1. The van der Waals surface area contributed by atoms with E-state index in [2.05, 4.69) is 52.6 Å². The van der Waals surface area contributed by atoms with Gasteiger partial charge in [0.05, 0.1) is 35.7 Å². The van der Waals surface area contributed by atoms with Crippen LogP contribution in [-0.2, 0) is 9.53 Å². The van der Waals surface area contributed by atoms with Gasteiger partial charge in [-0.2, -0.15) is 5.10 Å². The number of aromatic nitrogens is 5. The third kappa shape index (κ3) is 5.11. The third-order valence-corrected chi connectivity index (χ3v) is 7.28. The molecule has 0 saturated carbocycles. The van der Waals surface area contributed by atoms with Gasteiger partial charge in [0, 0.05) is 61.5 Å². The van der Waals surface area contributed by atoms with Gasteiger partial charge in [-0.25, -0.2) is 14.4 Å². The zero-order valence-electron chi connectivity index (χ0n) is 22.2. The molecule has 4 heterocycles. The van der Waals surface area contributed by atoms with Crippen LogP contribution in [0.4, 0.5) is 21.7 Å². The van der Waals surface area contributed by atoms with Crippen LogP contribution in [0.5, 0.6) is 0 Å². The smallest absolute Gasteiger partial charge is 0.244 e. The van der Waals surface area contributed by atoms with Crippen LogP contribution in [-0.4, -0.2) is 93.8 Å². The van der Waals surface area contributed by atoms with Crippen LogP contribution in [0.1, 0.15) is 0 Å². The van der Waals surface area contributed by atoms with Gasteiger partial charge in [0.1, 0.15) is 11.7 Å². The van der Waals surface area contributed by atoms with Gasteiger partial charge in [0.15, 0.2) is 5.82 Å². The molecular formula is C28H30FN9O2. The minimum absolute atomic E-state index is 0.143. The Morgan fingerprint density at radius 3 is 2.85 bits per heavy atom. The number of rotatable bonds is 8. The van der Waals surface area contributed by atoms with E-state index in [1.165, 1.54) is 0 Å². The van der Waals surface area contributed by atoms with Crippen LogP contribution in [0.15, 0.2) is 55.0 Å². The minimum Gasteiger partial charge on any atom is -0.383 e. The standard InChI is InChI=1S/C28H30FN9O2/c1-37-8-10-38(11-9-37)24(16-40-2)27(39)34-22-5-3-4-19-20(14-30-26(19)22)25-21(29)15-31-28(35-25)33-18-7-6-17-13-32-36-23(17)12-18/h3-7,12-15,24,30H,8-11,16H2,1-2H3,(H,32,36)(H,34,39)(H,31,33,35). The summed E-state index contributed by atoms with van der Waals surface area (Å²) in [4.78, 5) is 29.6. The SMILES string of the molecule is COCC(C(=O)Nc1cccc2c(-c3nc(Nc4ccc5cn[nH]c5c4)ncc3F)c[nH]c12)N1CCN(C)CC1. The highest BCUT2D eigenvalue weighted by Crippen LogP contribution is 2.33. The van der Waals surface area contributed by atoms with Crippen molar-refractivity contribution in [3.63, 3.8) is 0 Å². The first-order valence-corrected chi connectivity index (χ1v) is 13.1. The number of hydrogen-bond donors (Lipinski definition) is 4. The van der Waals surface area contributed by atoms with Crippen molar-refractivity contribution in [3.8, 4) is 11.3 Å². The molecule has 0 aliphatic carbocycles. The number of para-hydroxylation sites is 1. The van der Waals surface area contributed by atoms with Gasteiger partial charge in [-0.1, -0.05) is 12.1 Å². The first-order chi connectivity index (χ1) is 19.5. The molecule has 40 heavy (non-hydrogen) atoms. The average molecular weight is 544 g/mol. The van der Waals surface area contributed by atoms with Crippen LogP contribution in [0.3, 0.4) is 0 Å². The predicted molar refractivity (Wildman–Crippen MR) is 152 cm³/mol. The maximum absolute atomic E-state index is 15.0. The number of hydrogen-bond acceptors (Lipinski definition) is 8. The highest BCUT2D eigenvalue weighted by molar-refractivity contribution is 6.06. The molecule has 206 valence electrons. The van der Waals surface area contributed by atoms with Crippen molar-refractivity contribution in [2.45, 2.75) is 6.04 Å². The van der Waals surface area contributed by atoms with Crippen molar-refractivity contribution in [1.82, 2.24) is 34.9 Å². The molecule has 12 heteroatoms. The lowest BCUT2D eigenvalue weighted by atomic mass is 10.1. The Balaban J connectivity index is 1.26. The van der Waals surface area contributed by atoms with E-state index < -0.39 is 11.9 Å². The molecule has 11 nitrogen and oxygen atoms in total. The van der Waals surface area contributed by atoms with Crippen molar-refractivity contribution in [2.24, 2.45) is 0 Å². The molecule has 3 aromatic heterocycles. The second kappa shape index (κ2) is 11.0. The molecule has 1 aliphatic rings. The first kappa shape index (κ1) is 25.9. The van der Waals surface area contributed by atoms with E-state index in [0.717, 1.165) is 54.4 Å². The number of amides is 1. The Labute approximate surface area is 229 Å². The summed E-state index contributed by atoms with van der Waals surface area (Å²) in [6.07, 6.45) is 4.58. The molecular weight excluding hydrogens is 513 g/mol. The number of halogens is 1. The second-order valence-electron chi connectivity index (χ2n) is 9.92. The lowest BCUT2D eigenvalue weighted by Crippen LogP contribution is -2.54. The Bertz CT molecular complexity index is 1660. The molecule has 1 unspecified atom stereocenters. The molecule has 0 radical (unpaired) electrons. The Kier molecular flexibility index (Phi) is 7.11. The number of anilines is 3. The topological polar surface area (TPSA) is 127 Å². The quantitative estimate of drug-likeness (QED) is 0.234. The van der Waals surface area contributed by atoms with Crippen LogP contribution in [0, 0.1) is 5.82 Å². The molecule has 1 fully saturated rings. The molecule has 2 aromatic carbocycles. The van der Waals surface area contributed by atoms with Gasteiger partial charge in [-0.05, 0) is 31.3 Å². The highest BCUT2D eigenvalue weighted by atomic mass is 19.1. The van der Waals surface area contributed by atoms with Crippen molar-refractivity contribution in [1.29, 1.82) is 0 Å². The summed E-state index contributed by atoms with van der Waals surface area (Å²) in [5, 5.41) is 14.9. The maximum Gasteiger partial charge on any atom is 0.244 e. The third-order valence-electron chi connectivity index (χ3n) is 7.28. The molecule has 5 aromatic rings. The summed E-state index contributed by atoms with van der Waals surface area (Å²) in [6, 6.07) is 10.8. The van der Waals surface area contributed by atoms with Gasteiger partial charge in [0.2, 0.25) is 11.9 Å². The summed E-state index contributed by atoms with van der Waals surface area (Å²) in [7, 11) is 3.68. The molecule has 0 bridgehead atoms. The predicted octanol–water partition coefficient (Wildman–Crippen LogP) is 3.58. The number of ether oxygens (including phenoxy) is 1. The molecule has 1 atom stereocenters. The highest BCUT2D eigenvalue weighted by Gasteiger charge is 2.29. The summed E-state index contributed by atoms with van der Waals surface area (Å²) in [5.41, 5.74) is 3.58. The second-order valence-corrected chi connectivity index (χ2v) is 9.92. The van der Waals surface area contributed by atoms with Gasteiger partial charge >= 0.3 is 0 Å². The van der Waals surface area contributed by atoms with Crippen LogP contribution >= 0.6 is 0 Å². The van der Waals surface area contributed by atoms with Gasteiger partial charge in [0.25, 0.3) is 0 Å². The lowest BCUT2D eigenvalue weighted by molar-refractivity contribution is -0.124. The molecule has 1 saturated heterocycles. The first-order valence-electron chi connectivity index (χ1n) is 13.1. The van der Waals surface area contributed by atoms with E-state index in [-0.39, 0.29) is 24.2 Å². The zero-order valence-corrected chi connectivity index (χ0v) is 22.2. The fourth-order valence-corrected chi connectivity index (χ4v) is 5.07. The number of H-pyrrole nitrogens is 2. The fourth-order valence-electron chi connectivity index (χ4n) is 5.07. The molecule has 4 N–H and O–H groups in total. The van der Waals surface area contributed by atoms with Crippen molar-refractivity contribution in [2.75, 3.05) is 57.6 Å². The molecule has 6 rings (SSSR count). The van der Waals surface area contributed by atoms with Crippen LogP contribution in [0.2, 0.25) is 0 Å². The number of nitrogens with one attached hydrogen (secondary N) is 4. The summed E-state index contributed by atoms with van der Waals surface area (Å²) >= 11 is 0. The summed E-state index contributed by atoms with van der Waals surface area (Å²) < 4.78 is 20.4. The Morgan fingerprint density at radius 1 is 1.18 bits per heavy atom. The van der Waals surface area contributed by atoms with E-state index >= 15 is 4.39 Å². The number of benzene rings is 2. The van der Waals surface area contributed by atoms with E-state index in [4.69, 9.17) is 4.74 Å². The molecule has 1 amide bonds. The van der Waals surface area contributed by atoms with E-state index in [0.29, 0.717) is 16.8 Å². The van der Waals surface area contributed by atoms with Crippen LogP contribution < -0.4 is 10.6 Å². The van der Waals surface area contributed by atoms with Gasteiger partial charge < -0.3 is 25.3 Å². The van der Waals surface area contributed by atoms with Crippen molar-refractivity contribution >= 4 is 45.0 Å². The average Bonchev–Trinajstić information content (AvgIpc) is 3.61. The van der Waals surface area contributed by atoms with Crippen LogP contribution in [0.25, 0.3) is 33.1 Å². The fraction of sp³-hybridized carbons (Fsp3) is 0.286. The number of likely N-dealkylation sites (N-methyl/N-ethyl adjacent to an activating group) is 1. The van der Waals surface area contributed by atoms with Crippen molar-refractivity contribution < 1.29 is 13.9 Å². The zero-order chi connectivity index (χ0) is 27.6. The number of aromatic amines is 2. The number of carbonyl (C=O) groups is 1. The Hall–Kier alpha value is -4.39. The monoisotopic (exact) mass is 543 g/mol. The maximum atomic E-state index is 15.0. The van der Waals surface area contributed by atoms with Crippen molar-refractivity contribution in [3.05, 3.63) is 60.8 Å². The normalized spacial score (nSPS) is 15.5. The van der Waals surface area contributed by atoms with Gasteiger partial charge in [-0.15, -0.1) is 0 Å². The number of nitrogens with zero attached hydrogens (tertiary/aromatic N) is 5. The van der Waals surface area contributed by atoms with E-state index in [1.807, 2.05) is 36.4 Å². The summed E-state index contributed by atoms with van der Waals surface area (Å²) in [5.74, 6) is -0.451. The van der Waals surface area contributed by atoms with E-state index in [1.54, 1.807) is 19.5 Å². The summed E-state index contributed by atoms with van der Waals surface area (Å²) in [6.45, 7) is 3.64. The minimum atomic E-state index is -0.555. The lowest BCUT2D eigenvalue weighted by Gasteiger charge is -2.36. The molecule has 1 aliphatic heterocycles. The van der Waals surface area contributed by atoms with Gasteiger partial charge in [-0.3, -0.25) is 14.8 Å². The largest absolute Gasteiger partial charge is 0.383 e.